The molecule has 1 unspecified atom stereocenters. The molecule has 16 heavy (non-hydrogen) atoms. The van der Waals surface area contributed by atoms with Crippen molar-refractivity contribution in [2.24, 2.45) is 5.14 Å². The molecule has 0 bridgehead atoms. The summed E-state index contributed by atoms with van der Waals surface area (Å²) >= 11 is 0. The van der Waals surface area contributed by atoms with Crippen molar-refractivity contribution in [1.82, 2.24) is 14.8 Å². The lowest BCUT2D eigenvalue weighted by Gasteiger charge is -2.11. The highest BCUT2D eigenvalue weighted by Crippen LogP contribution is 2.17. The first kappa shape index (κ1) is 13.1. The quantitative estimate of drug-likeness (QED) is 0.793. The maximum absolute atomic E-state index is 11.3. The van der Waals surface area contributed by atoms with Crippen LogP contribution in [0, 0.1) is 0 Å². The molecule has 0 fully saturated rings. The van der Waals surface area contributed by atoms with Gasteiger partial charge in [0, 0.05) is 13.7 Å². The van der Waals surface area contributed by atoms with Crippen LogP contribution in [-0.2, 0) is 21.3 Å². The third kappa shape index (κ3) is 2.57. The van der Waals surface area contributed by atoms with Gasteiger partial charge in [-0.25, -0.2) is 13.6 Å². The van der Waals surface area contributed by atoms with Crippen molar-refractivity contribution in [3.8, 4) is 0 Å². The summed E-state index contributed by atoms with van der Waals surface area (Å²) in [7, 11) is -2.32. The average Bonchev–Trinajstić information content (AvgIpc) is 2.60. The number of hydrogen-bond donors (Lipinski definition) is 1. The number of methoxy groups -OCH3 is 1. The van der Waals surface area contributed by atoms with Crippen molar-refractivity contribution < 1.29 is 13.2 Å². The van der Waals surface area contributed by atoms with E-state index < -0.39 is 10.0 Å². The second-order valence-corrected chi connectivity index (χ2v) is 4.87. The van der Waals surface area contributed by atoms with E-state index in [-0.39, 0.29) is 11.3 Å². The van der Waals surface area contributed by atoms with Crippen LogP contribution >= 0.6 is 0 Å². The smallest absolute Gasteiger partial charge is 0.273 e. The topological polar surface area (TPSA) is 100 Å². The van der Waals surface area contributed by atoms with Gasteiger partial charge in [-0.2, -0.15) is 0 Å². The molecule has 0 saturated carbocycles. The first-order chi connectivity index (χ1) is 7.41. The van der Waals surface area contributed by atoms with E-state index in [1.54, 1.807) is 6.92 Å². The molecule has 0 aliphatic carbocycles. The highest BCUT2D eigenvalue weighted by molar-refractivity contribution is 7.89. The Kier molecular flexibility index (Phi) is 4.00. The fraction of sp³-hybridized carbons (Fsp3) is 0.750. The number of primary sulfonamides is 1. The number of hydrogen-bond acceptors (Lipinski definition) is 5. The molecule has 2 N–H and O–H groups in total. The summed E-state index contributed by atoms with van der Waals surface area (Å²) in [5, 5.41) is 12.2. The zero-order valence-electron chi connectivity index (χ0n) is 9.54. The highest BCUT2D eigenvalue weighted by Gasteiger charge is 2.23. The molecular weight excluding hydrogens is 232 g/mol. The number of ether oxygens (including phenoxy) is 1. The second-order valence-electron chi connectivity index (χ2n) is 3.42. The molecule has 0 saturated heterocycles. The molecule has 92 valence electrons. The van der Waals surface area contributed by atoms with Crippen LogP contribution in [0.1, 0.15) is 32.2 Å². The Bertz CT molecular complexity index is 454. The summed E-state index contributed by atoms with van der Waals surface area (Å²) in [5.41, 5.74) is 0. The van der Waals surface area contributed by atoms with Gasteiger partial charge in [0.2, 0.25) is 0 Å². The van der Waals surface area contributed by atoms with Crippen molar-refractivity contribution in [2.45, 2.75) is 38.1 Å². The van der Waals surface area contributed by atoms with Gasteiger partial charge in [-0.3, -0.25) is 4.57 Å². The van der Waals surface area contributed by atoms with Gasteiger partial charge in [-0.05, 0) is 13.3 Å². The summed E-state index contributed by atoms with van der Waals surface area (Å²) in [5.74, 6) is 0.466. The van der Waals surface area contributed by atoms with Crippen LogP contribution in [0.25, 0.3) is 0 Å². The predicted molar refractivity (Wildman–Crippen MR) is 57.1 cm³/mol. The number of nitrogens with two attached hydrogens (primary N) is 1. The van der Waals surface area contributed by atoms with Gasteiger partial charge in [0.1, 0.15) is 6.10 Å². The number of rotatable bonds is 5. The minimum Gasteiger partial charge on any atom is -0.374 e. The van der Waals surface area contributed by atoms with Crippen molar-refractivity contribution >= 4 is 10.0 Å². The zero-order chi connectivity index (χ0) is 12.3. The van der Waals surface area contributed by atoms with Gasteiger partial charge < -0.3 is 4.74 Å². The molecule has 1 heterocycles. The van der Waals surface area contributed by atoms with Crippen LogP contribution in [0.15, 0.2) is 5.16 Å². The van der Waals surface area contributed by atoms with E-state index in [1.807, 2.05) is 6.92 Å². The number of nitrogens with zero attached hydrogens (tertiary/aromatic N) is 3. The van der Waals surface area contributed by atoms with Crippen LogP contribution in [0.5, 0.6) is 0 Å². The van der Waals surface area contributed by atoms with E-state index in [9.17, 15) is 8.42 Å². The maximum atomic E-state index is 11.3. The lowest BCUT2D eigenvalue weighted by molar-refractivity contribution is 0.108. The largest absolute Gasteiger partial charge is 0.374 e. The summed E-state index contributed by atoms with van der Waals surface area (Å²) in [4.78, 5) is 0. The van der Waals surface area contributed by atoms with Gasteiger partial charge in [0.15, 0.2) is 5.82 Å². The molecule has 1 rings (SSSR count). The normalized spacial score (nSPS) is 14.0. The van der Waals surface area contributed by atoms with Gasteiger partial charge in [0.05, 0.1) is 0 Å². The van der Waals surface area contributed by atoms with Gasteiger partial charge >= 0.3 is 0 Å². The zero-order valence-corrected chi connectivity index (χ0v) is 10.4. The molecule has 0 spiro atoms. The van der Waals surface area contributed by atoms with Crippen molar-refractivity contribution in [1.29, 1.82) is 0 Å². The lowest BCUT2D eigenvalue weighted by Crippen LogP contribution is -2.20. The van der Waals surface area contributed by atoms with Gasteiger partial charge in [-0.1, -0.05) is 6.92 Å². The Hall–Kier alpha value is -0.990. The third-order valence-electron chi connectivity index (χ3n) is 2.16. The Balaban J connectivity index is 3.27. The van der Waals surface area contributed by atoms with E-state index in [1.165, 1.54) is 11.7 Å². The van der Waals surface area contributed by atoms with Gasteiger partial charge in [-0.15, -0.1) is 10.2 Å². The molecule has 0 aliphatic rings. The molecule has 0 aromatic carbocycles. The summed E-state index contributed by atoms with van der Waals surface area (Å²) in [6, 6.07) is 0. The fourth-order valence-electron chi connectivity index (χ4n) is 1.35. The standard InChI is InChI=1S/C8H16N4O3S/c1-4-5-12-7(6(2)15-3)10-11-8(12)16(9,13)14/h6H,4-5H2,1-3H3,(H2,9,13,14). The highest BCUT2D eigenvalue weighted by atomic mass is 32.2. The minimum atomic E-state index is -3.84. The Morgan fingerprint density at radius 3 is 2.56 bits per heavy atom. The van der Waals surface area contributed by atoms with E-state index in [0.29, 0.717) is 12.4 Å². The van der Waals surface area contributed by atoms with Crippen molar-refractivity contribution in [3.05, 3.63) is 5.82 Å². The SMILES string of the molecule is CCCn1c(C(C)OC)nnc1S(N)(=O)=O. The van der Waals surface area contributed by atoms with Crippen LogP contribution in [0.2, 0.25) is 0 Å². The number of sulfonamides is 1. The molecule has 8 heteroatoms. The van der Waals surface area contributed by atoms with Crippen molar-refractivity contribution in [3.63, 3.8) is 0 Å². The molecule has 0 amide bonds. The average molecular weight is 248 g/mol. The van der Waals surface area contributed by atoms with E-state index >= 15 is 0 Å². The maximum Gasteiger partial charge on any atom is 0.273 e. The summed E-state index contributed by atoms with van der Waals surface area (Å²) in [6.07, 6.45) is 0.429. The van der Waals surface area contributed by atoms with Gasteiger partial charge in [0.25, 0.3) is 15.2 Å². The molecule has 1 aromatic rings. The van der Waals surface area contributed by atoms with Crippen LogP contribution in [-0.4, -0.2) is 30.3 Å². The Labute approximate surface area is 94.7 Å². The monoisotopic (exact) mass is 248 g/mol. The molecule has 1 atom stereocenters. The molecule has 0 radical (unpaired) electrons. The molecular formula is C8H16N4O3S. The molecule has 0 aliphatic heterocycles. The first-order valence-electron chi connectivity index (χ1n) is 4.90. The van der Waals surface area contributed by atoms with Crippen molar-refractivity contribution in [2.75, 3.05) is 7.11 Å². The molecule has 7 nitrogen and oxygen atoms in total. The minimum absolute atomic E-state index is 0.215. The van der Waals surface area contributed by atoms with E-state index in [0.717, 1.165) is 6.42 Å². The summed E-state index contributed by atoms with van der Waals surface area (Å²) in [6.45, 7) is 4.18. The summed E-state index contributed by atoms with van der Waals surface area (Å²) < 4.78 is 29.1. The van der Waals surface area contributed by atoms with E-state index in [2.05, 4.69) is 10.2 Å². The van der Waals surface area contributed by atoms with Crippen LogP contribution in [0.4, 0.5) is 0 Å². The first-order valence-corrected chi connectivity index (χ1v) is 6.45. The Morgan fingerprint density at radius 2 is 2.12 bits per heavy atom. The second kappa shape index (κ2) is 4.89. The lowest BCUT2D eigenvalue weighted by atomic mass is 10.3. The predicted octanol–water partition coefficient (Wildman–Crippen LogP) is 0.0429. The molecule has 1 aromatic heterocycles. The van der Waals surface area contributed by atoms with E-state index in [4.69, 9.17) is 9.88 Å². The Morgan fingerprint density at radius 1 is 1.50 bits per heavy atom. The third-order valence-corrected chi connectivity index (χ3v) is 2.98. The van der Waals surface area contributed by atoms with Crippen LogP contribution in [0.3, 0.4) is 0 Å². The fourth-order valence-corrected chi connectivity index (χ4v) is 2.00. The number of aromatic nitrogens is 3. The van der Waals surface area contributed by atoms with Crippen LogP contribution < -0.4 is 5.14 Å².